The van der Waals surface area contributed by atoms with E-state index in [0.29, 0.717) is 16.4 Å². The monoisotopic (exact) mass is 492 g/mol. The zero-order valence-electron chi connectivity index (χ0n) is 15.5. The Balaban J connectivity index is 1.93. The molecular formula is C21H18BrClN2O3S. The van der Waals surface area contributed by atoms with Crippen molar-refractivity contribution in [1.29, 1.82) is 0 Å². The molecule has 1 N–H and O–H groups in total. The third-order valence-corrected chi connectivity index (χ3v) is 6.68. The van der Waals surface area contributed by atoms with Gasteiger partial charge in [0.05, 0.1) is 10.6 Å². The molecule has 0 aliphatic heterocycles. The average molecular weight is 494 g/mol. The maximum absolute atomic E-state index is 13.3. The zero-order chi connectivity index (χ0) is 21.0. The Bertz CT molecular complexity index is 1120. The molecule has 0 aliphatic carbocycles. The smallest absolute Gasteiger partial charge is 0.264 e. The summed E-state index contributed by atoms with van der Waals surface area (Å²) in [5, 5.41) is 3.16. The molecule has 0 unspecified atom stereocenters. The summed E-state index contributed by atoms with van der Waals surface area (Å²) < 4.78 is 28.5. The number of carbonyl (C=O) groups is 1. The summed E-state index contributed by atoms with van der Waals surface area (Å²) in [5.74, 6) is -0.452. The number of carbonyl (C=O) groups excluding carboxylic acids is 1. The van der Waals surface area contributed by atoms with Crippen molar-refractivity contribution >= 4 is 54.8 Å². The van der Waals surface area contributed by atoms with E-state index in [1.165, 1.54) is 24.3 Å². The van der Waals surface area contributed by atoms with Gasteiger partial charge in [0.25, 0.3) is 10.0 Å². The van der Waals surface area contributed by atoms with Crippen LogP contribution in [-0.2, 0) is 14.8 Å². The van der Waals surface area contributed by atoms with Crippen LogP contribution in [0, 0.1) is 6.92 Å². The Kier molecular flexibility index (Phi) is 6.62. The number of benzene rings is 3. The van der Waals surface area contributed by atoms with E-state index >= 15 is 0 Å². The molecule has 1 amide bonds. The number of halogens is 2. The van der Waals surface area contributed by atoms with Crippen molar-refractivity contribution in [2.45, 2.75) is 11.8 Å². The van der Waals surface area contributed by atoms with Crippen molar-refractivity contribution in [3.8, 4) is 0 Å². The van der Waals surface area contributed by atoms with E-state index in [1.807, 2.05) is 13.0 Å². The van der Waals surface area contributed by atoms with Gasteiger partial charge in [-0.05, 0) is 73.2 Å². The standard InChI is InChI=1S/C21H18BrClN2O3S/c1-15-3-2-4-19(13-15)25(29(27,28)20-11-7-17(23)8-12-20)14-21(26)24-18-9-5-16(22)6-10-18/h2-13H,14H2,1H3,(H,24,26). The van der Waals surface area contributed by atoms with Crippen molar-refractivity contribution in [1.82, 2.24) is 0 Å². The minimum Gasteiger partial charge on any atom is -0.325 e. The van der Waals surface area contributed by atoms with E-state index < -0.39 is 15.9 Å². The third-order valence-electron chi connectivity index (χ3n) is 4.11. The van der Waals surface area contributed by atoms with Crippen LogP contribution in [0.25, 0.3) is 0 Å². The summed E-state index contributed by atoms with van der Waals surface area (Å²) in [6.07, 6.45) is 0. The summed E-state index contributed by atoms with van der Waals surface area (Å²) >= 11 is 9.23. The van der Waals surface area contributed by atoms with Crippen LogP contribution in [-0.4, -0.2) is 20.9 Å². The highest BCUT2D eigenvalue weighted by atomic mass is 79.9. The fourth-order valence-electron chi connectivity index (χ4n) is 2.70. The quantitative estimate of drug-likeness (QED) is 0.510. The van der Waals surface area contributed by atoms with Gasteiger partial charge in [-0.1, -0.05) is 39.7 Å². The fraction of sp³-hybridized carbons (Fsp3) is 0.0952. The van der Waals surface area contributed by atoms with Crippen LogP contribution in [0.4, 0.5) is 11.4 Å². The molecule has 3 aromatic rings. The van der Waals surface area contributed by atoms with Crippen molar-refractivity contribution in [3.05, 3.63) is 87.9 Å². The Hall–Kier alpha value is -2.35. The van der Waals surface area contributed by atoms with Crippen LogP contribution in [0.1, 0.15) is 5.56 Å². The number of nitrogens with one attached hydrogen (secondary N) is 1. The lowest BCUT2D eigenvalue weighted by atomic mass is 10.2. The van der Waals surface area contributed by atoms with Crippen LogP contribution in [0.15, 0.2) is 82.2 Å². The largest absolute Gasteiger partial charge is 0.325 e. The van der Waals surface area contributed by atoms with Crippen LogP contribution in [0.3, 0.4) is 0 Å². The summed E-state index contributed by atoms with van der Waals surface area (Å²) in [5.41, 5.74) is 1.87. The lowest BCUT2D eigenvalue weighted by Crippen LogP contribution is -2.38. The molecule has 0 saturated carbocycles. The SMILES string of the molecule is Cc1cccc(N(CC(=O)Nc2ccc(Br)cc2)S(=O)(=O)c2ccc(Cl)cc2)c1. The van der Waals surface area contributed by atoms with Gasteiger partial charge < -0.3 is 5.32 Å². The highest BCUT2D eigenvalue weighted by Gasteiger charge is 2.27. The van der Waals surface area contributed by atoms with Gasteiger partial charge in [-0.15, -0.1) is 0 Å². The lowest BCUT2D eigenvalue weighted by molar-refractivity contribution is -0.114. The maximum Gasteiger partial charge on any atom is 0.264 e. The molecule has 0 bridgehead atoms. The molecule has 150 valence electrons. The first kappa shape index (κ1) is 21.4. The normalized spacial score (nSPS) is 11.1. The van der Waals surface area contributed by atoms with E-state index in [0.717, 1.165) is 14.3 Å². The number of nitrogens with zero attached hydrogens (tertiary/aromatic N) is 1. The molecule has 0 aliphatic rings. The topological polar surface area (TPSA) is 66.5 Å². The van der Waals surface area contributed by atoms with E-state index in [4.69, 9.17) is 11.6 Å². The molecule has 29 heavy (non-hydrogen) atoms. The van der Waals surface area contributed by atoms with Crippen LogP contribution >= 0.6 is 27.5 Å². The molecule has 8 heteroatoms. The van der Waals surface area contributed by atoms with Gasteiger partial charge in [0.1, 0.15) is 6.54 Å². The molecule has 0 heterocycles. The number of amides is 1. The van der Waals surface area contributed by atoms with Crippen LogP contribution in [0.5, 0.6) is 0 Å². The number of sulfonamides is 1. The van der Waals surface area contributed by atoms with Gasteiger partial charge in [0.2, 0.25) is 5.91 Å². The Morgan fingerprint density at radius 1 is 1.03 bits per heavy atom. The van der Waals surface area contributed by atoms with E-state index in [2.05, 4.69) is 21.2 Å². The third kappa shape index (κ3) is 5.38. The number of anilines is 2. The highest BCUT2D eigenvalue weighted by molar-refractivity contribution is 9.10. The zero-order valence-corrected chi connectivity index (χ0v) is 18.6. The molecule has 0 saturated heterocycles. The molecule has 0 atom stereocenters. The predicted octanol–water partition coefficient (Wildman–Crippen LogP) is 5.24. The Morgan fingerprint density at radius 2 is 1.69 bits per heavy atom. The summed E-state index contributed by atoms with van der Waals surface area (Å²) in [6.45, 7) is 1.49. The summed E-state index contributed by atoms with van der Waals surface area (Å²) in [4.78, 5) is 12.7. The first-order chi connectivity index (χ1) is 13.8. The Morgan fingerprint density at radius 3 is 2.31 bits per heavy atom. The number of aryl methyl sites for hydroxylation is 1. The second kappa shape index (κ2) is 8.98. The summed E-state index contributed by atoms with van der Waals surface area (Å²) in [7, 11) is -3.98. The highest BCUT2D eigenvalue weighted by Crippen LogP contribution is 2.25. The minimum atomic E-state index is -3.98. The first-order valence-electron chi connectivity index (χ1n) is 8.66. The first-order valence-corrected chi connectivity index (χ1v) is 11.3. The number of rotatable bonds is 6. The molecule has 0 aromatic heterocycles. The summed E-state index contributed by atoms with van der Waals surface area (Å²) in [6, 6.07) is 19.9. The van der Waals surface area contributed by atoms with E-state index in [-0.39, 0.29) is 11.4 Å². The van der Waals surface area contributed by atoms with Crippen molar-refractivity contribution in [2.24, 2.45) is 0 Å². The fourth-order valence-corrected chi connectivity index (χ4v) is 4.50. The molecule has 0 radical (unpaired) electrons. The van der Waals surface area contributed by atoms with E-state index in [9.17, 15) is 13.2 Å². The molecule has 3 aromatic carbocycles. The van der Waals surface area contributed by atoms with Crippen LogP contribution < -0.4 is 9.62 Å². The van der Waals surface area contributed by atoms with Gasteiger partial charge in [-0.2, -0.15) is 0 Å². The minimum absolute atomic E-state index is 0.0554. The van der Waals surface area contributed by atoms with Gasteiger partial charge in [-0.25, -0.2) is 8.42 Å². The van der Waals surface area contributed by atoms with Gasteiger partial charge in [0, 0.05) is 15.2 Å². The molecule has 3 rings (SSSR count). The number of hydrogen-bond acceptors (Lipinski definition) is 3. The van der Waals surface area contributed by atoms with Crippen molar-refractivity contribution < 1.29 is 13.2 Å². The lowest BCUT2D eigenvalue weighted by Gasteiger charge is -2.24. The van der Waals surface area contributed by atoms with Crippen molar-refractivity contribution in [3.63, 3.8) is 0 Å². The maximum atomic E-state index is 13.3. The molecule has 0 fully saturated rings. The second-order valence-electron chi connectivity index (χ2n) is 6.36. The average Bonchev–Trinajstić information content (AvgIpc) is 2.68. The second-order valence-corrected chi connectivity index (χ2v) is 9.57. The van der Waals surface area contributed by atoms with Crippen LogP contribution in [0.2, 0.25) is 5.02 Å². The van der Waals surface area contributed by atoms with Gasteiger partial charge >= 0.3 is 0 Å². The molecule has 0 spiro atoms. The van der Waals surface area contributed by atoms with E-state index in [1.54, 1.807) is 42.5 Å². The predicted molar refractivity (Wildman–Crippen MR) is 120 cm³/mol. The molecule has 5 nitrogen and oxygen atoms in total. The van der Waals surface area contributed by atoms with Gasteiger partial charge in [-0.3, -0.25) is 9.10 Å². The molecular weight excluding hydrogens is 476 g/mol. The van der Waals surface area contributed by atoms with Gasteiger partial charge in [0.15, 0.2) is 0 Å². The van der Waals surface area contributed by atoms with Crippen molar-refractivity contribution in [2.75, 3.05) is 16.2 Å². The Labute approximate surface area is 183 Å². The number of hydrogen-bond donors (Lipinski definition) is 1.